The van der Waals surface area contributed by atoms with Crippen LogP contribution in [-0.2, 0) is 4.79 Å². The second-order valence-corrected chi connectivity index (χ2v) is 7.60. The Morgan fingerprint density at radius 2 is 1.85 bits per heavy atom. The van der Waals surface area contributed by atoms with Crippen molar-refractivity contribution in [1.29, 1.82) is 0 Å². The van der Waals surface area contributed by atoms with E-state index >= 15 is 0 Å². The summed E-state index contributed by atoms with van der Waals surface area (Å²) < 4.78 is 5.25. The Morgan fingerprint density at radius 3 is 2.48 bits per heavy atom. The van der Waals surface area contributed by atoms with E-state index in [1.807, 2.05) is 30.3 Å². The number of methoxy groups -OCH3 is 1. The summed E-state index contributed by atoms with van der Waals surface area (Å²) in [5, 5.41) is 3.25. The maximum Gasteiger partial charge on any atom is 0.234 e. The number of likely N-dealkylation sites (tertiary alicyclic amines) is 1. The topological polar surface area (TPSA) is 41.6 Å². The van der Waals surface area contributed by atoms with Crippen LogP contribution in [0.4, 0.5) is 0 Å². The van der Waals surface area contributed by atoms with E-state index in [-0.39, 0.29) is 11.9 Å². The van der Waals surface area contributed by atoms with Gasteiger partial charge in [0.15, 0.2) is 0 Å². The summed E-state index contributed by atoms with van der Waals surface area (Å²) >= 11 is 0. The van der Waals surface area contributed by atoms with E-state index in [0.717, 1.165) is 30.7 Å². The molecule has 1 amide bonds. The maximum atomic E-state index is 12.8. The van der Waals surface area contributed by atoms with E-state index < -0.39 is 0 Å². The number of rotatable bonds is 7. The highest BCUT2D eigenvalue weighted by atomic mass is 16.5. The van der Waals surface area contributed by atoms with Gasteiger partial charge in [-0.05, 0) is 48.6 Å². The van der Waals surface area contributed by atoms with Crippen LogP contribution in [0.25, 0.3) is 0 Å². The van der Waals surface area contributed by atoms with Crippen LogP contribution >= 0.6 is 0 Å². The maximum absolute atomic E-state index is 12.8. The lowest BCUT2D eigenvalue weighted by Crippen LogP contribution is -2.40. The first-order valence-corrected chi connectivity index (χ1v) is 9.81. The van der Waals surface area contributed by atoms with Crippen LogP contribution in [0, 0.1) is 5.92 Å². The largest absolute Gasteiger partial charge is 0.497 e. The molecule has 1 fully saturated rings. The van der Waals surface area contributed by atoms with Gasteiger partial charge < -0.3 is 10.1 Å². The predicted octanol–water partition coefficient (Wildman–Crippen LogP) is 4.35. The van der Waals surface area contributed by atoms with Gasteiger partial charge >= 0.3 is 0 Å². The van der Waals surface area contributed by atoms with Gasteiger partial charge in [0.2, 0.25) is 5.91 Å². The molecule has 4 heteroatoms. The number of nitrogens with zero attached hydrogens (tertiary/aromatic N) is 1. The third-order valence-electron chi connectivity index (χ3n) is 5.35. The molecule has 0 saturated carbocycles. The van der Waals surface area contributed by atoms with Gasteiger partial charge in [-0.15, -0.1) is 0 Å². The fraction of sp³-hybridized carbons (Fsp3) is 0.435. The summed E-state index contributed by atoms with van der Waals surface area (Å²) in [5.41, 5.74) is 2.42. The van der Waals surface area contributed by atoms with Gasteiger partial charge in [-0.2, -0.15) is 0 Å². The molecule has 2 atom stereocenters. The molecular weight excluding hydrogens is 336 g/mol. The zero-order chi connectivity index (χ0) is 19.2. The number of nitrogens with one attached hydrogen (secondary N) is 1. The number of hydrogen-bond donors (Lipinski definition) is 1. The smallest absolute Gasteiger partial charge is 0.234 e. The monoisotopic (exact) mass is 366 g/mol. The van der Waals surface area contributed by atoms with Crippen LogP contribution in [0.2, 0.25) is 0 Å². The van der Waals surface area contributed by atoms with Crippen LogP contribution in [0.1, 0.15) is 49.9 Å². The van der Waals surface area contributed by atoms with Crippen molar-refractivity contribution in [3.63, 3.8) is 0 Å². The first-order chi connectivity index (χ1) is 13.1. The minimum absolute atomic E-state index is 0.0424. The predicted molar refractivity (Wildman–Crippen MR) is 109 cm³/mol. The van der Waals surface area contributed by atoms with Gasteiger partial charge in [0.1, 0.15) is 5.75 Å². The molecule has 0 aromatic heterocycles. The summed E-state index contributed by atoms with van der Waals surface area (Å²) in [6, 6.07) is 18.8. The Balaban J connectivity index is 1.65. The summed E-state index contributed by atoms with van der Waals surface area (Å²) in [4.78, 5) is 15.1. The number of carbonyl (C=O) groups excluding carboxylic acids is 1. The summed E-state index contributed by atoms with van der Waals surface area (Å²) in [6.07, 6.45) is 2.21. The highest BCUT2D eigenvalue weighted by Crippen LogP contribution is 2.32. The molecule has 2 unspecified atom stereocenters. The molecule has 4 nitrogen and oxygen atoms in total. The summed E-state index contributed by atoms with van der Waals surface area (Å²) in [6.45, 7) is 5.69. The fourth-order valence-electron chi connectivity index (χ4n) is 3.92. The molecular formula is C23H30N2O2. The van der Waals surface area contributed by atoms with Gasteiger partial charge in [0.25, 0.3) is 0 Å². The zero-order valence-electron chi connectivity index (χ0n) is 16.5. The van der Waals surface area contributed by atoms with E-state index in [2.05, 4.69) is 48.3 Å². The van der Waals surface area contributed by atoms with Crippen molar-refractivity contribution in [3.8, 4) is 5.75 Å². The average molecular weight is 367 g/mol. The van der Waals surface area contributed by atoms with Crippen LogP contribution in [-0.4, -0.2) is 31.0 Å². The number of benzene rings is 2. The van der Waals surface area contributed by atoms with Crippen molar-refractivity contribution in [2.24, 2.45) is 5.92 Å². The second kappa shape index (κ2) is 9.05. The van der Waals surface area contributed by atoms with Crippen molar-refractivity contribution in [1.82, 2.24) is 10.2 Å². The Labute approximate surface area is 162 Å². The molecule has 144 valence electrons. The molecule has 0 spiro atoms. The van der Waals surface area contributed by atoms with Crippen molar-refractivity contribution >= 4 is 5.91 Å². The van der Waals surface area contributed by atoms with E-state index in [9.17, 15) is 4.79 Å². The van der Waals surface area contributed by atoms with Crippen LogP contribution in [0.5, 0.6) is 5.75 Å². The van der Waals surface area contributed by atoms with Gasteiger partial charge in [0, 0.05) is 6.04 Å². The molecule has 1 saturated heterocycles. The highest BCUT2D eigenvalue weighted by Gasteiger charge is 2.28. The van der Waals surface area contributed by atoms with Crippen LogP contribution in [0.15, 0.2) is 54.6 Å². The van der Waals surface area contributed by atoms with Gasteiger partial charge in [0.05, 0.1) is 19.7 Å². The molecule has 2 aromatic carbocycles. The fourth-order valence-corrected chi connectivity index (χ4v) is 3.92. The summed E-state index contributed by atoms with van der Waals surface area (Å²) in [7, 11) is 1.68. The SMILES string of the molecule is COc1ccc(C2CCCN2CC(=O)NC(c2ccccc2)C(C)C)cc1. The third-order valence-corrected chi connectivity index (χ3v) is 5.35. The van der Waals surface area contributed by atoms with Crippen molar-refractivity contribution in [3.05, 3.63) is 65.7 Å². The van der Waals surface area contributed by atoms with Gasteiger partial charge in [-0.1, -0.05) is 56.3 Å². The molecule has 2 aromatic rings. The van der Waals surface area contributed by atoms with E-state index in [0.29, 0.717) is 18.5 Å². The Hall–Kier alpha value is -2.33. The minimum atomic E-state index is 0.0424. The van der Waals surface area contributed by atoms with Crippen molar-refractivity contribution in [2.45, 2.75) is 38.8 Å². The Bertz CT molecular complexity index is 728. The molecule has 1 aliphatic rings. The number of ether oxygens (including phenoxy) is 1. The standard InChI is InChI=1S/C23H30N2O2/c1-17(2)23(19-8-5-4-6-9-19)24-22(26)16-25-15-7-10-21(25)18-11-13-20(27-3)14-12-18/h4-6,8-9,11-14,17,21,23H,7,10,15-16H2,1-3H3,(H,24,26). The van der Waals surface area contributed by atoms with Crippen molar-refractivity contribution in [2.75, 3.05) is 20.2 Å². The quantitative estimate of drug-likeness (QED) is 0.792. The third kappa shape index (κ3) is 4.89. The highest BCUT2D eigenvalue weighted by molar-refractivity contribution is 5.78. The molecule has 1 heterocycles. The molecule has 27 heavy (non-hydrogen) atoms. The lowest BCUT2D eigenvalue weighted by atomic mass is 9.96. The van der Waals surface area contributed by atoms with E-state index in [4.69, 9.17) is 4.74 Å². The lowest BCUT2D eigenvalue weighted by molar-refractivity contribution is -0.123. The first-order valence-electron chi connectivity index (χ1n) is 9.81. The molecule has 3 rings (SSSR count). The number of amides is 1. The van der Waals surface area contributed by atoms with E-state index in [1.54, 1.807) is 7.11 Å². The minimum Gasteiger partial charge on any atom is -0.497 e. The van der Waals surface area contributed by atoms with Crippen LogP contribution in [0.3, 0.4) is 0 Å². The van der Waals surface area contributed by atoms with Gasteiger partial charge in [-0.25, -0.2) is 0 Å². The number of hydrogen-bond acceptors (Lipinski definition) is 3. The van der Waals surface area contributed by atoms with Crippen LogP contribution < -0.4 is 10.1 Å². The van der Waals surface area contributed by atoms with E-state index in [1.165, 1.54) is 5.56 Å². The number of carbonyl (C=O) groups is 1. The first kappa shape index (κ1) is 19.4. The Kier molecular flexibility index (Phi) is 6.51. The van der Waals surface area contributed by atoms with Gasteiger partial charge in [-0.3, -0.25) is 9.69 Å². The zero-order valence-corrected chi connectivity index (χ0v) is 16.5. The summed E-state index contributed by atoms with van der Waals surface area (Å²) in [5.74, 6) is 1.30. The second-order valence-electron chi connectivity index (χ2n) is 7.60. The lowest BCUT2D eigenvalue weighted by Gasteiger charge is -2.27. The molecule has 1 N–H and O–H groups in total. The molecule has 0 aliphatic carbocycles. The molecule has 0 bridgehead atoms. The average Bonchev–Trinajstić information content (AvgIpc) is 3.14. The molecule has 1 aliphatic heterocycles. The van der Waals surface area contributed by atoms with Crippen molar-refractivity contribution < 1.29 is 9.53 Å². The normalized spacial score (nSPS) is 18.4. The Morgan fingerprint density at radius 1 is 1.15 bits per heavy atom. The molecule has 0 radical (unpaired) electrons.